The fourth-order valence-electron chi connectivity index (χ4n) is 2.45. The molecule has 2 aromatic heterocycles. The summed E-state index contributed by atoms with van der Waals surface area (Å²) in [5.41, 5.74) is 0. The van der Waals surface area contributed by atoms with E-state index in [-0.39, 0.29) is 6.10 Å². The predicted octanol–water partition coefficient (Wildman–Crippen LogP) is 3.18. The maximum atomic E-state index is 6.21. The summed E-state index contributed by atoms with van der Waals surface area (Å²) in [6.07, 6.45) is 7.51. The van der Waals surface area contributed by atoms with Gasteiger partial charge in [-0.1, -0.05) is 11.6 Å². The molecule has 4 nitrogen and oxygen atoms in total. The molecule has 0 aromatic carbocycles. The van der Waals surface area contributed by atoms with Crippen molar-refractivity contribution in [1.29, 1.82) is 0 Å². The summed E-state index contributed by atoms with van der Waals surface area (Å²) in [6.45, 7) is 1.76. The van der Waals surface area contributed by atoms with Gasteiger partial charge in [0.2, 0.25) is 0 Å². The lowest BCUT2D eigenvalue weighted by Gasteiger charge is -2.33. The summed E-state index contributed by atoms with van der Waals surface area (Å²) < 4.78 is 5.97. The van der Waals surface area contributed by atoms with Crippen molar-refractivity contribution in [3.8, 4) is 5.75 Å². The van der Waals surface area contributed by atoms with Crippen molar-refractivity contribution < 1.29 is 4.74 Å². The number of hydrogen-bond acceptors (Lipinski definition) is 4. The first-order chi connectivity index (χ1) is 9.83. The second kappa shape index (κ2) is 6.09. The van der Waals surface area contributed by atoms with Gasteiger partial charge in [0, 0.05) is 18.9 Å². The third-order valence-electron chi connectivity index (χ3n) is 3.35. The number of halogens is 1. The maximum Gasteiger partial charge on any atom is 0.147 e. The Morgan fingerprint density at radius 1 is 1.25 bits per heavy atom. The van der Waals surface area contributed by atoms with Crippen LogP contribution in [0.1, 0.15) is 12.8 Å². The van der Waals surface area contributed by atoms with E-state index in [2.05, 4.69) is 14.9 Å². The number of pyridine rings is 2. The lowest BCUT2D eigenvalue weighted by atomic mass is 10.1. The van der Waals surface area contributed by atoms with E-state index in [1.807, 2.05) is 24.3 Å². The first-order valence-corrected chi connectivity index (χ1v) is 7.13. The first-order valence-electron chi connectivity index (χ1n) is 6.75. The molecule has 0 amide bonds. The Morgan fingerprint density at radius 3 is 2.95 bits per heavy atom. The monoisotopic (exact) mass is 289 g/mol. The van der Waals surface area contributed by atoms with Crippen molar-refractivity contribution >= 4 is 17.4 Å². The fourth-order valence-corrected chi connectivity index (χ4v) is 2.69. The van der Waals surface area contributed by atoms with Crippen LogP contribution in [0.25, 0.3) is 0 Å². The number of piperidine rings is 1. The van der Waals surface area contributed by atoms with Gasteiger partial charge in [-0.3, -0.25) is 4.98 Å². The number of nitrogens with zero attached hydrogens (tertiary/aromatic N) is 3. The molecule has 20 heavy (non-hydrogen) atoms. The highest BCUT2D eigenvalue weighted by molar-refractivity contribution is 6.32. The van der Waals surface area contributed by atoms with Gasteiger partial charge in [-0.05, 0) is 37.1 Å². The molecule has 1 unspecified atom stereocenters. The van der Waals surface area contributed by atoms with Crippen LogP contribution in [0.2, 0.25) is 5.02 Å². The minimum absolute atomic E-state index is 0.144. The molecular formula is C15H16ClN3O. The average Bonchev–Trinajstić information content (AvgIpc) is 2.49. The van der Waals surface area contributed by atoms with Gasteiger partial charge in [0.25, 0.3) is 0 Å². The molecule has 3 heterocycles. The molecule has 3 rings (SSSR count). The standard InChI is InChI=1S/C15H16ClN3O/c16-14-6-2-8-18-15(14)19-9-3-5-13(11-19)20-12-4-1-7-17-10-12/h1-2,4,6-8,10,13H,3,5,9,11H2. The zero-order valence-corrected chi connectivity index (χ0v) is 11.8. The van der Waals surface area contributed by atoms with E-state index in [9.17, 15) is 0 Å². The first kappa shape index (κ1) is 13.2. The highest BCUT2D eigenvalue weighted by Crippen LogP contribution is 2.26. The van der Waals surface area contributed by atoms with Gasteiger partial charge in [-0.25, -0.2) is 4.98 Å². The average molecular weight is 290 g/mol. The lowest BCUT2D eigenvalue weighted by molar-refractivity contribution is 0.178. The molecule has 0 N–H and O–H groups in total. The van der Waals surface area contributed by atoms with Crippen molar-refractivity contribution in [2.45, 2.75) is 18.9 Å². The van der Waals surface area contributed by atoms with Gasteiger partial charge in [0.15, 0.2) is 0 Å². The number of hydrogen-bond donors (Lipinski definition) is 0. The van der Waals surface area contributed by atoms with Crippen molar-refractivity contribution in [2.24, 2.45) is 0 Å². The minimum atomic E-state index is 0.144. The molecule has 5 heteroatoms. The minimum Gasteiger partial charge on any atom is -0.487 e. The van der Waals surface area contributed by atoms with Crippen LogP contribution in [0.5, 0.6) is 5.75 Å². The quantitative estimate of drug-likeness (QED) is 0.870. The van der Waals surface area contributed by atoms with Crippen molar-refractivity contribution in [3.63, 3.8) is 0 Å². The molecule has 0 aliphatic carbocycles. The largest absolute Gasteiger partial charge is 0.487 e. The Labute approximate surface area is 123 Å². The molecule has 0 bridgehead atoms. The molecule has 1 aliphatic heterocycles. The molecule has 0 radical (unpaired) electrons. The van der Waals surface area contributed by atoms with E-state index in [4.69, 9.17) is 16.3 Å². The second-order valence-electron chi connectivity index (χ2n) is 4.83. The van der Waals surface area contributed by atoms with E-state index in [0.29, 0.717) is 5.02 Å². The van der Waals surface area contributed by atoms with E-state index in [0.717, 1.165) is 37.5 Å². The van der Waals surface area contributed by atoms with E-state index in [1.165, 1.54) is 0 Å². The van der Waals surface area contributed by atoms with Gasteiger partial charge in [0.1, 0.15) is 17.7 Å². The zero-order valence-electron chi connectivity index (χ0n) is 11.1. The third kappa shape index (κ3) is 3.02. The highest BCUT2D eigenvalue weighted by atomic mass is 35.5. The van der Waals surface area contributed by atoms with E-state index >= 15 is 0 Å². The van der Waals surface area contributed by atoms with Gasteiger partial charge < -0.3 is 9.64 Å². The Kier molecular flexibility index (Phi) is 4.02. The van der Waals surface area contributed by atoms with Gasteiger partial charge in [0.05, 0.1) is 17.8 Å². The van der Waals surface area contributed by atoms with Crippen molar-refractivity contribution in [2.75, 3.05) is 18.0 Å². The summed E-state index contributed by atoms with van der Waals surface area (Å²) >= 11 is 6.21. The van der Waals surface area contributed by atoms with Crippen LogP contribution in [-0.2, 0) is 0 Å². The third-order valence-corrected chi connectivity index (χ3v) is 3.65. The van der Waals surface area contributed by atoms with Crippen LogP contribution in [0.3, 0.4) is 0 Å². The van der Waals surface area contributed by atoms with E-state index < -0.39 is 0 Å². The summed E-state index contributed by atoms with van der Waals surface area (Å²) in [5.74, 6) is 1.65. The summed E-state index contributed by atoms with van der Waals surface area (Å²) in [6, 6.07) is 7.53. The molecule has 1 atom stereocenters. The zero-order chi connectivity index (χ0) is 13.8. The Hall–Kier alpha value is -1.81. The number of ether oxygens (including phenoxy) is 1. The molecule has 0 saturated carbocycles. The molecule has 2 aromatic rings. The maximum absolute atomic E-state index is 6.21. The van der Waals surface area contributed by atoms with Crippen LogP contribution in [0, 0.1) is 0 Å². The predicted molar refractivity (Wildman–Crippen MR) is 79.3 cm³/mol. The lowest BCUT2D eigenvalue weighted by Crippen LogP contribution is -2.41. The fraction of sp³-hybridized carbons (Fsp3) is 0.333. The Bertz CT molecular complexity index is 564. The Morgan fingerprint density at radius 2 is 2.15 bits per heavy atom. The highest BCUT2D eigenvalue weighted by Gasteiger charge is 2.23. The van der Waals surface area contributed by atoms with Crippen LogP contribution in [0.15, 0.2) is 42.9 Å². The van der Waals surface area contributed by atoms with Crippen LogP contribution >= 0.6 is 11.6 Å². The molecule has 1 aliphatic rings. The second-order valence-corrected chi connectivity index (χ2v) is 5.23. The van der Waals surface area contributed by atoms with Crippen molar-refractivity contribution in [3.05, 3.63) is 47.9 Å². The summed E-state index contributed by atoms with van der Waals surface area (Å²) in [7, 11) is 0. The van der Waals surface area contributed by atoms with Gasteiger partial charge in [-0.15, -0.1) is 0 Å². The van der Waals surface area contributed by atoms with Gasteiger partial charge >= 0.3 is 0 Å². The van der Waals surface area contributed by atoms with Crippen molar-refractivity contribution in [1.82, 2.24) is 9.97 Å². The molecule has 1 saturated heterocycles. The van der Waals surface area contributed by atoms with Crippen LogP contribution in [0.4, 0.5) is 5.82 Å². The molecule has 104 valence electrons. The van der Waals surface area contributed by atoms with Gasteiger partial charge in [-0.2, -0.15) is 0 Å². The van der Waals surface area contributed by atoms with Crippen LogP contribution < -0.4 is 9.64 Å². The molecular weight excluding hydrogens is 274 g/mol. The SMILES string of the molecule is Clc1cccnc1N1CCCC(Oc2cccnc2)C1. The normalized spacial score (nSPS) is 18.9. The number of aromatic nitrogens is 2. The topological polar surface area (TPSA) is 38.2 Å². The van der Waals surface area contributed by atoms with E-state index in [1.54, 1.807) is 18.6 Å². The Balaban J connectivity index is 1.69. The number of rotatable bonds is 3. The number of anilines is 1. The summed E-state index contributed by atoms with van der Waals surface area (Å²) in [4.78, 5) is 10.6. The smallest absolute Gasteiger partial charge is 0.147 e. The molecule has 0 spiro atoms. The molecule has 1 fully saturated rings. The summed E-state index contributed by atoms with van der Waals surface area (Å²) in [5, 5.41) is 0.689. The van der Waals surface area contributed by atoms with Crippen LogP contribution in [-0.4, -0.2) is 29.2 Å².